The third-order valence-electron chi connectivity index (χ3n) is 4.34. The molecule has 102 valence electrons. The van der Waals surface area contributed by atoms with E-state index in [-0.39, 0.29) is 9.74 Å². The molecule has 1 unspecified atom stereocenters. The van der Waals surface area contributed by atoms with E-state index in [0.29, 0.717) is 11.1 Å². The first-order valence-electron chi connectivity index (χ1n) is 6.44. The average molecular weight is 341 g/mol. The summed E-state index contributed by atoms with van der Waals surface area (Å²) in [4.78, 5) is 4.43. The van der Waals surface area contributed by atoms with Crippen LogP contribution in [0, 0.1) is 5.92 Å². The summed E-state index contributed by atoms with van der Waals surface area (Å²) in [7, 11) is 1.98. The maximum atomic E-state index is 4.43. The van der Waals surface area contributed by atoms with Crippen LogP contribution in [0.25, 0.3) is 0 Å². The minimum absolute atomic E-state index is 0.0383. The van der Waals surface area contributed by atoms with Crippen LogP contribution in [0.2, 0.25) is 0 Å². The number of thiol groups is 1. The molecule has 2 aliphatic rings. The summed E-state index contributed by atoms with van der Waals surface area (Å²) < 4.78 is 1.83. The van der Waals surface area contributed by atoms with Crippen molar-refractivity contribution in [2.75, 3.05) is 6.54 Å². The largest absolute Gasteiger partial charge is 0.309 e. The highest BCUT2D eigenvalue weighted by molar-refractivity contribution is 9.10. The molecular formula is C13H17BrN4S. The molecule has 0 radical (unpaired) electrons. The summed E-state index contributed by atoms with van der Waals surface area (Å²) in [6.07, 6.45) is 8.27. The highest BCUT2D eigenvalue weighted by Crippen LogP contribution is 2.58. The van der Waals surface area contributed by atoms with E-state index in [9.17, 15) is 0 Å². The van der Waals surface area contributed by atoms with Gasteiger partial charge in [0.1, 0.15) is 5.82 Å². The van der Waals surface area contributed by atoms with Crippen LogP contribution in [-0.4, -0.2) is 31.8 Å². The maximum Gasteiger partial charge on any atom is 0.187 e. The number of rotatable bonds is 2. The topological polar surface area (TPSA) is 43.1 Å². The lowest BCUT2D eigenvalue weighted by molar-refractivity contribution is 0.116. The highest BCUT2D eigenvalue weighted by atomic mass is 79.9. The van der Waals surface area contributed by atoms with Crippen LogP contribution in [0.5, 0.6) is 0 Å². The molecule has 0 amide bonds. The minimum Gasteiger partial charge on any atom is -0.309 e. The lowest BCUT2D eigenvalue weighted by Gasteiger charge is -2.54. The Bertz CT molecular complexity index is 559. The molecule has 0 N–H and O–H groups in total. The summed E-state index contributed by atoms with van der Waals surface area (Å²) in [6, 6.07) is 0. The summed E-state index contributed by atoms with van der Waals surface area (Å²) in [6.45, 7) is 3.02. The second-order valence-electron chi connectivity index (χ2n) is 5.69. The molecule has 3 rings (SSSR count). The monoisotopic (exact) mass is 340 g/mol. The summed E-state index contributed by atoms with van der Waals surface area (Å²) in [5.41, 5.74) is -0.0383. The Morgan fingerprint density at radius 1 is 1.42 bits per heavy atom. The van der Waals surface area contributed by atoms with Gasteiger partial charge >= 0.3 is 0 Å². The molecule has 0 saturated heterocycles. The molecule has 1 fully saturated rings. The molecule has 1 aromatic rings. The molecular weight excluding hydrogens is 324 g/mol. The number of allylic oxidation sites excluding steroid dienone is 1. The first-order chi connectivity index (χ1) is 8.98. The van der Waals surface area contributed by atoms with Crippen molar-refractivity contribution in [3.8, 4) is 0 Å². The third-order valence-corrected chi connectivity index (χ3v) is 6.01. The predicted molar refractivity (Wildman–Crippen MR) is 82.5 cm³/mol. The number of aromatic nitrogens is 3. The zero-order valence-corrected chi connectivity index (χ0v) is 13.5. The van der Waals surface area contributed by atoms with Gasteiger partial charge in [0.25, 0.3) is 0 Å². The van der Waals surface area contributed by atoms with Crippen LogP contribution in [0.15, 0.2) is 22.3 Å². The van der Waals surface area contributed by atoms with Crippen molar-refractivity contribution in [2.45, 2.75) is 34.7 Å². The predicted octanol–water partition coefficient (Wildman–Crippen LogP) is 2.55. The van der Waals surface area contributed by atoms with Gasteiger partial charge in [0.15, 0.2) is 5.16 Å². The fourth-order valence-corrected chi connectivity index (χ4v) is 4.32. The number of halogens is 1. The van der Waals surface area contributed by atoms with Crippen LogP contribution in [0.3, 0.4) is 0 Å². The lowest BCUT2D eigenvalue weighted by Crippen LogP contribution is -2.57. The van der Waals surface area contributed by atoms with E-state index >= 15 is 0 Å². The fraction of sp³-hybridized carbons (Fsp3) is 0.615. The van der Waals surface area contributed by atoms with Crippen LogP contribution >= 0.6 is 28.6 Å². The first-order valence-corrected chi connectivity index (χ1v) is 7.68. The molecule has 1 atom stereocenters. The van der Waals surface area contributed by atoms with E-state index in [1.807, 2.05) is 23.9 Å². The molecule has 6 heteroatoms. The highest BCUT2D eigenvalue weighted by Gasteiger charge is 2.59. The summed E-state index contributed by atoms with van der Waals surface area (Å²) >= 11 is 8.28. The molecule has 2 heterocycles. The second kappa shape index (κ2) is 4.45. The van der Waals surface area contributed by atoms with Crippen molar-refractivity contribution in [2.24, 2.45) is 18.0 Å². The Morgan fingerprint density at radius 3 is 2.63 bits per heavy atom. The molecule has 0 bridgehead atoms. The number of nitrogens with zero attached hydrogens (tertiary/aromatic N) is 4. The van der Waals surface area contributed by atoms with Gasteiger partial charge in [-0.05, 0) is 24.8 Å². The van der Waals surface area contributed by atoms with Crippen LogP contribution in [-0.2, 0) is 12.5 Å². The second-order valence-corrected chi connectivity index (χ2v) is 7.50. The number of alkyl halides is 1. The molecule has 19 heavy (non-hydrogen) atoms. The van der Waals surface area contributed by atoms with Crippen molar-refractivity contribution in [3.05, 3.63) is 18.0 Å². The zero-order valence-electron chi connectivity index (χ0n) is 11.0. The Balaban J connectivity index is 2.08. The number of hydrogen-bond acceptors (Lipinski definition) is 4. The van der Waals surface area contributed by atoms with E-state index in [1.54, 1.807) is 0 Å². The molecule has 1 aliphatic carbocycles. The summed E-state index contributed by atoms with van der Waals surface area (Å²) in [5, 5.41) is 9.15. The van der Waals surface area contributed by atoms with Crippen LogP contribution in [0.4, 0.5) is 0 Å². The van der Waals surface area contributed by atoms with Gasteiger partial charge in [0.2, 0.25) is 0 Å². The Hall–Kier alpha value is -0.620. The normalized spacial score (nSPS) is 37.4. The van der Waals surface area contributed by atoms with Crippen molar-refractivity contribution in [1.29, 1.82) is 0 Å². The molecule has 1 saturated carbocycles. The quantitative estimate of drug-likeness (QED) is 0.664. The van der Waals surface area contributed by atoms with Gasteiger partial charge in [-0.1, -0.05) is 28.9 Å². The van der Waals surface area contributed by atoms with Crippen molar-refractivity contribution < 1.29 is 0 Å². The van der Waals surface area contributed by atoms with Crippen molar-refractivity contribution in [1.82, 2.24) is 14.8 Å². The van der Waals surface area contributed by atoms with Gasteiger partial charge in [0.05, 0.1) is 16.3 Å². The number of aliphatic imine (C=N–C) groups is 1. The molecule has 0 spiro atoms. The standard InChI is InChI=1S/C13H17BrN4S/c1-9-6-12(7-9,10-16-17-11(19)18(10)2)13(14)4-3-5-15-8-13/h3-5,9H,6-8H2,1-2H3,(H,17,19). The Labute approximate surface area is 126 Å². The zero-order chi connectivity index (χ0) is 13.7. The van der Waals surface area contributed by atoms with Gasteiger partial charge in [0, 0.05) is 13.3 Å². The number of dihydropyridines is 1. The summed E-state index contributed by atoms with van der Waals surface area (Å²) in [5.74, 6) is 1.71. The van der Waals surface area contributed by atoms with E-state index in [2.05, 4.69) is 56.7 Å². The lowest BCUT2D eigenvalue weighted by atomic mass is 9.55. The van der Waals surface area contributed by atoms with Gasteiger partial charge < -0.3 is 4.57 Å². The third kappa shape index (κ3) is 1.83. The van der Waals surface area contributed by atoms with Gasteiger partial charge in [-0.3, -0.25) is 4.99 Å². The van der Waals surface area contributed by atoms with E-state index in [1.165, 1.54) is 0 Å². The number of hydrogen-bond donors (Lipinski definition) is 1. The molecule has 0 aromatic carbocycles. The minimum atomic E-state index is -0.164. The molecule has 1 aromatic heterocycles. The van der Waals surface area contributed by atoms with Crippen LogP contribution < -0.4 is 0 Å². The van der Waals surface area contributed by atoms with Gasteiger partial charge in [-0.25, -0.2) is 0 Å². The van der Waals surface area contributed by atoms with Crippen molar-refractivity contribution >= 4 is 34.8 Å². The van der Waals surface area contributed by atoms with E-state index in [4.69, 9.17) is 0 Å². The van der Waals surface area contributed by atoms with Crippen molar-refractivity contribution in [3.63, 3.8) is 0 Å². The molecule has 1 aliphatic heterocycles. The van der Waals surface area contributed by atoms with Crippen LogP contribution in [0.1, 0.15) is 25.6 Å². The van der Waals surface area contributed by atoms with E-state index in [0.717, 1.165) is 25.2 Å². The van der Waals surface area contributed by atoms with E-state index < -0.39 is 0 Å². The smallest absolute Gasteiger partial charge is 0.187 e. The first kappa shape index (κ1) is 13.4. The van der Waals surface area contributed by atoms with Gasteiger partial charge in [-0.2, -0.15) is 0 Å². The molecule has 4 nitrogen and oxygen atoms in total. The maximum absolute atomic E-state index is 4.43. The Morgan fingerprint density at radius 2 is 2.16 bits per heavy atom. The Kier molecular flexibility index (Phi) is 3.13. The van der Waals surface area contributed by atoms with Gasteiger partial charge in [-0.15, -0.1) is 22.8 Å². The SMILES string of the molecule is CC1CC(c2nnc(S)n2C)(C2(Br)C=CC=NC2)C1. The fourth-order valence-electron chi connectivity index (χ4n) is 3.38. The average Bonchev–Trinajstić information content (AvgIpc) is 2.67.